The Kier molecular flexibility index (Phi) is 2.24. The molecule has 0 atom stereocenters. The van der Waals surface area contributed by atoms with Crippen molar-refractivity contribution in [2.45, 2.75) is 20.8 Å². The van der Waals surface area contributed by atoms with E-state index in [9.17, 15) is 19.6 Å². The molecular formula is C7H10N3O4+. The fourth-order valence-corrected chi connectivity index (χ4v) is 1.10. The molecule has 0 bridgehead atoms. The van der Waals surface area contributed by atoms with Crippen molar-refractivity contribution in [3.8, 4) is 0 Å². The SMILES string of the molecule is CC(=O)n1c(=O)c(C)[n+](O)n1C(C)=O. The number of rotatable bonds is 0. The topological polar surface area (TPSA) is 85.2 Å². The van der Waals surface area contributed by atoms with Gasteiger partial charge in [0.2, 0.25) is 0 Å². The number of hydrogen-bond acceptors (Lipinski definition) is 4. The molecule has 0 aromatic carbocycles. The average molecular weight is 200 g/mol. The number of carbonyl (C=O) groups is 2. The first kappa shape index (κ1) is 10.2. The molecule has 0 amide bonds. The van der Waals surface area contributed by atoms with Gasteiger partial charge >= 0.3 is 17.4 Å². The minimum Gasteiger partial charge on any atom is -0.331 e. The van der Waals surface area contributed by atoms with Crippen molar-refractivity contribution in [3.63, 3.8) is 0 Å². The van der Waals surface area contributed by atoms with Gasteiger partial charge in [0.15, 0.2) is 0 Å². The van der Waals surface area contributed by atoms with E-state index in [-0.39, 0.29) is 5.69 Å². The molecule has 0 spiro atoms. The third-order valence-electron chi connectivity index (χ3n) is 1.75. The molecule has 7 heteroatoms. The molecule has 76 valence electrons. The number of carbonyl (C=O) groups excluding carboxylic acids is 2. The van der Waals surface area contributed by atoms with Gasteiger partial charge in [-0.1, -0.05) is 0 Å². The maximum atomic E-state index is 11.3. The fourth-order valence-electron chi connectivity index (χ4n) is 1.10. The molecule has 14 heavy (non-hydrogen) atoms. The lowest BCUT2D eigenvalue weighted by Crippen LogP contribution is -2.48. The summed E-state index contributed by atoms with van der Waals surface area (Å²) in [6, 6.07) is 0. The van der Waals surface area contributed by atoms with E-state index >= 15 is 0 Å². The van der Waals surface area contributed by atoms with Crippen LogP contribution in [0.3, 0.4) is 0 Å². The van der Waals surface area contributed by atoms with Crippen LogP contribution in [0.4, 0.5) is 0 Å². The predicted molar refractivity (Wildman–Crippen MR) is 43.4 cm³/mol. The molecule has 1 aromatic heterocycles. The Morgan fingerprint density at radius 1 is 1.29 bits per heavy atom. The lowest BCUT2D eigenvalue weighted by atomic mass is 10.5. The van der Waals surface area contributed by atoms with Crippen molar-refractivity contribution in [3.05, 3.63) is 16.0 Å². The first-order chi connectivity index (χ1) is 6.37. The van der Waals surface area contributed by atoms with Gasteiger partial charge in [-0.2, -0.15) is 0 Å². The standard InChI is InChI=1S/C7H10N3O4/c1-4-7(13)8(5(2)11)9(6(3)12)10(4)14/h14H,1-3H3/q+1. The van der Waals surface area contributed by atoms with Gasteiger partial charge in [0.05, 0.1) is 0 Å². The van der Waals surface area contributed by atoms with E-state index in [2.05, 4.69) is 0 Å². The second-order valence-electron chi connectivity index (χ2n) is 2.82. The minimum absolute atomic E-state index is 0.101. The molecule has 0 unspecified atom stereocenters. The second kappa shape index (κ2) is 3.09. The van der Waals surface area contributed by atoms with E-state index in [4.69, 9.17) is 0 Å². The monoisotopic (exact) mass is 200 g/mol. The van der Waals surface area contributed by atoms with E-state index in [1.54, 1.807) is 0 Å². The molecule has 0 saturated carbocycles. The molecular weight excluding hydrogens is 190 g/mol. The zero-order chi connectivity index (χ0) is 11.0. The van der Waals surface area contributed by atoms with E-state index in [1.165, 1.54) is 6.92 Å². The minimum atomic E-state index is -0.713. The van der Waals surface area contributed by atoms with E-state index < -0.39 is 17.4 Å². The predicted octanol–water partition coefficient (Wildman–Crippen LogP) is -1.20. The Hall–Kier alpha value is -1.92. The lowest BCUT2D eigenvalue weighted by Gasteiger charge is -1.94. The molecule has 0 radical (unpaired) electrons. The van der Waals surface area contributed by atoms with Crippen molar-refractivity contribution < 1.29 is 19.6 Å². The zero-order valence-corrected chi connectivity index (χ0v) is 8.01. The first-order valence-electron chi connectivity index (χ1n) is 3.86. The lowest BCUT2D eigenvalue weighted by molar-refractivity contribution is -0.963. The highest BCUT2D eigenvalue weighted by molar-refractivity contribution is 5.80. The van der Waals surface area contributed by atoms with Gasteiger partial charge in [-0.3, -0.25) is 4.79 Å². The molecule has 1 rings (SSSR count). The number of hydrogen-bond donors (Lipinski definition) is 1. The van der Waals surface area contributed by atoms with Gasteiger partial charge in [-0.25, -0.2) is 9.59 Å². The van der Waals surface area contributed by atoms with Crippen LogP contribution in [0.25, 0.3) is 0 Å². The van der Waals surface area contributed by atoms with Crippen LogP contribution in [-0.4, -0.2) is 26.5 Å². The maximum Gasteiger partial charge on any atom is 0.409 e. The number of nitrogens with zero attached hydrogens (tertiary/aromatic N) is 3. The van der Waals surface area contributed by atoms with Crippen molar-refractivity contribution in [1.82, 2.24) is 9.48 Å². The van der Waals surface area contributed by atoms with E-state index in [0.717, 1.165) is 13.8 Å². The normalized spacial score (nSPS) is 10.2. The Morgan fingerprint density at radius 2 is 1.79 bits per heavy atom. The molecule has 1 heterocycles. The molecule has 1 N–H and O–H groups in total. The van der Waals surface area contributed by atoms with Gasteiger partial charge < -0.3 is 5.21 Å². The van der Waals surface area contributed by atoms with Gasteiger partial charge in [0.25, 0.3) is 5.69 Å². The van der Waals surface area contributed by atoms with Crippen LogP contribution in [0.15, 0.2) is 4.79 Å². The Bertz CT molecular complexity index is 468. The highest BCUT2D eigenvalue weighted by atomic mass is 16.5. The van der Waals surface area contributed by atoms with Gasteiger partial charge in [-0.05, 0) is 4.68 Å². The quantitative estimate of drug-likeness (QED) is 0.421. The summed E-state index contributed by atoms with van der Waals surface area (Å²) >= 11 is 0. The van der Waals surface area contributed by atoms with Crippen molar-refractivity contribution >= 4 is 11.8 Å². The van der Waals surface area contributed by atoms with Crippen LogP contribution in [0.5, 0.6) is 0 Å². The highest BCUT2D eigenvalue weighted by Crippen LogP contribution is 1.85. The molecule has 0 fully saturated rings. The molecule has 0 saturated heterocycles. The van der Waals surface area contributed by atoms with Crippen molar-refractivity contribution in [1.29, 1.82) is 0 Å². The Morgan fingerprint density at radius 3 is 2.07 bits per heavy atom. The molecule has 7 nitrogen and oxygen atoms in total. The highest BCUT2D eigenvalue weighted by Gasteiger charge is 2.29. The maximum absolute atomic E-state index is 11.3. The summed E-state index contributed by atoms with van der Waals surface area (Å²) in [7, 11) is 0. The average Bonchev–Trinajstić information content (AvgIpc) is 2.29. The fraction of sp³-hybridized carbons (Fsp3) is 0.429. The van der Waals surface area contributed by atoms with Gasteiger partial charge in [0.1, 0.15) is 0 Å². The zero-order valence-electron chi connectivity index (χ0n) is 8.01. The van der Waals surface area contributed by atoms with Crippen LogP contribution >= 0.6 is 0 Å². The van der Waals surface area contributed by atoms with Crippen LogP contribution < -0.4 is 10.4 Å². The number of aromatic nitrogens is 3. The van der Waals surface area contributed by atoms with E-state index in [1.807, 2.05) is 0 Å². The van der Waals surface area contributed by atoms with Crippen molar-refractivity contribution in [2.75, 3.05) is 0 Å². The molecule has 1 aromatic rings. The largest absolute Gasteiger partial charge is 0.409 e. The summed E-state index contributed by atoms with van der Waals surface area (Å²) in [5.41, 5.74) is -0.814. The summed E-state index contributed by atoms with van der Waals surface area (Å²) in [6.45, 7) is 3.56. The first-order valence-corrected chi connectivity index (χ1v) is 3.86. The molecule has 0 aliphatic rings. The summed E-state index contributed by atoms with van der Waals surface area (Å²) in [5, 5.41) is 9.30. The van der Waals surface area contributed by atoms with Crippen LogP contribution in [-0.2, 0) is 0 Å². The summed E-state index contributed by atoms with van der Waals surface area (Å²) < 4.78 is 0.567. The summed E-state index contributed by atoms with van der Waals surface area (Å²) in [6.07, 6.45) is 0. The smallest absolute Gasteiger partial charge is 0.331 e. The summed E-state index contributed by atoms with van der Waals surface area (Å²) in [5.74, 6) is -1.27. The molecule has 0 aliphatic carbocycles. The third-order valence-corrected chi connectivity index (χ3v) is 1.75. The Balaban J connectivity index is 3.71. The van der Waals surface area contributed by atoms with Gasteiger partial charge in [0, 0.05) is 30.4 Å². The van der Waals surface area contributed by atoms with Gasteiger partial charge in [-0.15, -0.1) is 0 Å². The van der Waals surface area contributed by atoms with Crippen LogP contribution in [0.1, 0.15) is 29.1 Å². The van der Waals surface area contributed by atoms with E-state index in [0.29, 0.717) is 14.3 Å². The third kappa shape index (κ3) is 1.22. The molecule has 0 aliphatic heterocycles. The van der Waals surface area contributed by atoms with Crippen LogP contribution in [0.2, 0.25) is 0 Å². The second-order valence-corrected chi connectivity index (χ2v) is 2.82. The Labute approximate surface area is 78.7 Å². The summed E-state index contributed by atoms with van der Waals surface area (Å²) in [4.78, 5) is 34.3. The van der Waals surface area contributed by atoms with Crippen molar-refractivity contribution in [2.24, 2.45) is 0 Å². The van der Waals surface area contributed by atoms with Crippen LogP contribution in [0, 0.1) is 6.92 Å².